The monoisotopic (exact) mass is 455 g/mol. The Morgan fingerprint density at radius 3 is 2.24 bits per heavy atom. The van der Waals surface area contributed by atoms with Crippen molar-refractivity contribution < 1.29 is 18.7 Å². The molecule has 1 amide bonds. The van der Waals surface area contributed by atoms with Gasteiger partial charge in [0.15, 0.2) is 0 Å². The summed E-state index contributed by atoms with van der Waals surface area (Å²) in [6.45, 7) is 2.11. The Hall–Kier alpha value is -4.12. The summed E-state index contributed by atoms with van der Waals surface area (Å²) in [5, 5.41) is 2.95. The van der Waals surface area contributed by atoms with Gasteiger partial charge in [-0.05, 0) is 66.1 Å². The van der Waals surface area contributed by atoms with Gasteiger partial charge in [-0.1, -0.05) is 54.6 Å². The van der Waals surface area contributed by atoms with Gasteiger partial charge in [0, 0.05) is 11.1 Å². The van der Waals surface area contributed by atoms with E-state index in [0.717, 1.165) is 28.0 Å². The fourth-order valence-electron chi connectivity index (χ4n) is 3.68. The molecule has 0 aliphatic rings. The van der Waals surface area contributed by atoms with Crippen molar-refractivity contribution in [1.82, 2.24) is 5.32 Å². The van der Waals surface area contributed by atoms with Gasteiger partial charge in [0.05, 0.1) is 13.2 Å². The first-order valence-corrected chi connectivity index (χ1v) is 11.0. The summed E-state index contributed by atoms with van der Waals surface area (Å²) in [7, 11) is 1.59. The minimum absolute atomic E-state index is 0.229. The minimum atomic E-state index is -0.309. The van der Waals surface area contributed by atoms with E-state index >= 15 is 0 Å². The van der Waals surface area contributed by atoms with Crippen LogP contribution >= 0.6 is 0 Å². The molecule has 0 aromatic heterocycles. The number of hydrogen-bond acceptors (Lipinski definition) is 3. The number of amides is 1. The number of carbonyl (C=O) groups is 1. The third kappa shape index (κ3) is 5.62. The minimum Gasteiger partial charge on any atom is -0.496 e. The molecule has 34 heavy (non-hydrogen) atoms. The number of nitrogens with one attached hydrogen (secondary N) is 1. The van der Waals surface area contributed by atoms with Crippen LogP contribution in [0.25, 0.3) is 11.1 Å². The first kappa shape index (κ1) is 23.1. The summed E-state index contributed by atoms with van der Waals surface area (Å²) < 4.78 is 24.6. The van der Waals surface area contributed by atoms with Crippen LogP contribution in [0.3, 0.4) is 0 Å². The van der Waals surface area contributed by atoms with Crippen LogP contribution in [-0.4, -0.2) is 13.0 Å². The predicted octanol–water partition coefficient (Wildman–Crippen LogP) is 6.57. The predicted molar refractivity (Wildman–Crippen MR) is 131 cm³/mol. The van der Waals surface area contributed by atoms with Gasteiger partial charge >= 0.3 is 0 Å². The zero-order valence-electron chi connectivity index (χ0n) is 19.1. The van der Waals surface area contributed by atoms with Crippen molar-refractivity contribution in [2.45, 2.75) is 19.6 Å². The van der Waals surface area contributed by atoms with Crippen LogP contribution in [0.5, 0.6) is 11.5 Å². The zero-order chi connectivity index (χ0) is 23.9. The summed E-state index contributed by atoms with van der Waals surface area (Å²) in [5.74, 6) is 0.829. The van der Waals surface area contributed by atoms with Crippen LogP contribution in [0, 0.1) is 5.82 Å². The molecule has 0 radical (unpaired) electrons. The maximum Gasteiger partial charge on any atom is 0.251 e. The summed E-state index contributed by atoms with van der Waals surface area (Å²) in [6.07, 6.45) is 0. The standard InChI is InChI=1S/C29H26FNO3/c1-20(21-8-13-26(30)14-9-21)31-29(32)24-12-17-28(33-2)25(18-24)19-34-27-15-10-23(11-16-27)22-6-4-3-5-7-22/h3-18,20H,19H2,1-2H3,(H,31,32)/t20-/m1/s1. The van der Waals surface area contributed by atoms with Crippen molar-refractivity contribution in [1.29, 1.82) is 0 Å². The molecule has 4 nitrogen and oxygen atoms in total. The first-order chi connectivity index (χ1) is 16.5. The molecule has 4 aromatic carbocycles. The SMILES string of the molecule is COc1ccc(C(=O)N[C@H](C)c2ccc(F)cc2)cc1COc1ccc(-c2ccccc2)cc1. The third-order valence-corrected chi connectivity index (χ3v) is 5.62. The summed E-state index contributed by atoms with van der Waals surface area (Å²) in [5.41, 5.74) is 4.33. The van der Waals surface area contributed by atoms with E-state index in [9.17, 15) is 9.18 Å². The van der Waals surface area contributed by atoms with Crippen LogP contribution < -0.4 is 14.8 Å². The zero-order valence-corrected chi connectivity index (χ0v) is 19.1. The van der Waals surface area contributed by atoms with Gasteiger partial charge in [-0.25, -0.2) is 4.39 Å². The molecule has 1 atom stereocenters. The lowest BCUT2D eigenvalue weighted by molar-refractivity contribution is 0.0939. The fraction of sp³-hybridized carbons (Fsp3) is 0.138. The number of methoxy groups -OCH3 is 1. The van der Waals surface area contributed by atoms with Gasteiger partial charge in [0.1, 0.15) is 23.9 Å². The van der Waals surface area contributed by atoms with Gasteiger partial charge in [-0.15, -0.1) is 0 Å². The Morgan fingerprint density at radius 2 is 1.56 bits per heavy atom. The van der Waals surface area contributed by atoms with Gasteiger partial charge < -0.3 is 14.8 Å². The van der Waals surface area contributed by atoms with Crippen LogP contribution in [-0.2, 0) is 6.61 Å². The molecule has 1 N–H and O–H groups in total. The number of hydrogen-bond donors (Lipinski definition) is 1. The van der Waals surface area contributed by atoms with E-state index < -0.39 is 0 Å². The largest absolute Gasteiger partial charge is 0.496 e. The Kier molecular flexibility index (Phi) is 7.23. The van der Waals surface area contributed by atoms with Gasteiger partial charge in [-0.2, -0.15) is 0 Å². The third-order valence-electron chi connectivity index (χ3n) is 5.62. The lowest BCUT2D eigenvalue weighted by Gasteiger charge is -2.16. The topological polar surface area (TPSA) is 47.6 Å². The molecule has 0 unspecified atom stereocenters. The number of rotatable bonds is 8. The van der Waals surface area contributed by atoms with E-state index in [4.69, 9.17) is 9.47 Å². The van der Waals surface area contributed by atoms with Crippen molar-refractivity contribution in [3.8, 4) is 22.6 Å². The molecule has 0 heterocycles. The summed E-state index contributed by atoms with van der Waals surface area (Å²) in [6, 6.07) is 29.1. The molecule has 172 valence electrons. The average molecular weight is 456 g/mol. The lowest BCUT2D eigenvalue weighted by atomic mass is 10.1. The molecule has 0 saturated carbocycles. The summed E-state index contributed by atoms with van der Waals surface area (Å²) in [4.78, 5) is 12.8. The maximum absolute atomic E-state index is 13.2. The van der Waals surface area contributed by atoms with Crippen LogP contribution in [0.1, 0.15) is 34.5 Å². The Balaban J connectivity index is 1.43. The van der Waals surface area contributed by atoms with Crippen LogP contribution in [0.2, 0.25) is 0 Å². The van der Waals surface area contributed by atoms with E-state index in [2.05, 4.69) is 17.4 Å². The molecule has 4 rings (SSSR count). The van der Waals surface area contributed by atoms with Gasteiger partial charge in [-0.3, -0.25) is 4.79 Å². The molecule has 0 spiro atoms. The Bertz CT molecular complexity index is 1240. The molecule has 0 aliphatic heterocycles. The number of benzene rings is 4. The highest BCUT2D eigenvalue weighted by molar-refractivity contribution is 5.94. The van der Waals surface area contributed by atoms with Gasteiger partial charge in [0.25, 0.3) is 5.91 Å². The highest BCUT2D eigenvalue weighted by Crippen LogP contribution is 2.25. The fourth-order valence-corrected chi connectivity index (χ4v) is 3.68. The van der Waals surface area contributed by atoms with E-state index in [0.29, 0.717) is 11.3 Å². The van der Waals surface area contributed by atoms with Crippen molar-refractivity contribution in [3.63, 3.8) is 0 Å². The molecule has 0 saturated heterocycles. The van der Waals surface area contributed by atoms with Crippen molar-refractivity contribution >= 4 is 5.91 Å². The Morgan fingerprint density at radius 1 is 0.882 bits per heavy atom. The van der Waals surface area contributed by atoms with Crippen LogP contribution in [0.4, 0.5) is 4.39 Å². The molecule has 0 aliphatic carbocycles. The quantitative estimate of drug-likeness (QED) is 0.327. The van der Waals surface area contributed by atoms with Crippen molar-refractivity contribution in [2.75, 3.05) is 7.11 Å². The van der Waals surface area contributed by atoms with Crippen molar-refractivity contribution in [3.05, 3.63) is 120 Å². The molecule has 0 bridgehead atoms. The molecular formula is C29H26FNO3. The highest BCUT2D eigenvalue weighted by atomic mass is 19.1. The number of ether oxygens (including phenoxy) is 2. The maximum atomic E-state index is 13.2. The second-order valence-corrected chi connectivity index (χ2v) is 7.95. The number of halogens is 1. The smallest absolute Gasteiger partial charge is 0.251 e. The van der Waals surface area contributed by atoms with E-state index in [1.54, 1.807) is 37.4 Å². The number of carbonyl (C=O) groups excluding carboxylic acids is 1. The van der Waals surface area contributed by atoms with E-state index in [-0.39, 0.29) is 24.4 Å². The second kappa shape index (κ2) is 10.7. The van der Waals surface area contributed by atoms with Crippen LogP contribution in [0.15, 0.2) is 97.1 Å². The lowest BCUT2D eigenvalue weighted by Crippen LogP contribution is -2.26. The molecule has 5 heteroatoms. The van der Waals surface area contributed by atoms with E-state index in [1.165, 1.54) is 12.1 Å². The van der Waals surface area contributed by atoms with Crippen molar-refractivity contribution in [2.24, 2.45) is 0 Å². The highest BCUT2D eigenvalue weighted by Gasteiger charge is 2.14. The second-order valence-electron chi connectivity index (χ2n) is 7.95. The molecule has 0 fully saturated rings. The van der Waals surface area contributed by atoms with E-state index in [1.807, 2.05) is 49.4 Å². The summed E-state index contributed by atoms with van der Waals surface area (Å²) >= 11 is 0. The van der Waals surface area contributed by atoms with Gasteiger partial charge in [0.2, 0.25) is 0 Å². The average Bonchev–Trinajstić information content (AvgIpc) is 2.88. The normalized spacial score (nSPS) is 11.5. The Labute approximate surface area is 199 Å². The first-order valence-electron chi connectivity index (χ1n) is 11.0. The molecular weight excluding hydrogens is 429 g/mol. The molecule has 4 aromatic rings.